The molecule has 0 amide bonds. The van der Waals surface area contributed by atoms with Crippen LogP contribution in [0.15, 0.2) is 43.0 Å². The highest BCUT2D eigenvalue weighted by molar-refractivity contribution is 6.18. The highest BCUT2D eigenvalue weighted by Gasteiger charge is 2.06. The maximum absolute atomic E-state index is 5.84. The van der Waals surface area contributed by atoms with Gasteiger partial charge in [0.05, 0.1) is 0 Å². The zero-order valence-electron chi connectivity index (χ0n) is 7.54. The Labute approximate surface area is 84.4 Å². The van der Waals surface area contributed by atoms with Gasteiger partial charge in [-0.1, -0.05) is 36.4 Å². The summed E-state index contributed by atoms with van der Waals surface area (Å²) in [4.78, 5) is 0. The van der Waals surface area contributed by atoms with E-state index in [0.717, 1.165) is 6.54 Å². The molecule has 1 unspecified atom stereocenters. The first kappa shape index (κ1) is 10.3. The first-order valence-corrected chi connectivity index (χ1v) is 4.87. The normalized spacial score (nSPS) is 12.4. The van der Waals surface area contributed by atoms with Crippen molar-refractivity contribution < 1.29 is 0 Å². The van der Waals surface area contributed by atoms with Gasteiger partial charge in [-0.15, -0.1) is 18.2 Å². The summed E-state index contributed by atoms with van der Waals surface area (Å²) in [6.45, 7) is 4.44. The van der Waals surface area contributed by atoms with Crippen LogP contribution in [0.25, 0.3) is 0 Å². The van der Waals surface area contributed by atoms with Crippen LogP contribution in [0.5, 0.6) is 0 Å². The summed E-state index contributed by atoms with van der Waals surface area (Å²) in [6.07, 6.45) is 1.84. The lowest BCUT2D eigenvalue weighted by atomic mass is 10.1. The Bertz CT molecular complexity index is 246. The van der Waals surface area contributed by atoms with Gasteiger partial charge in [-0.3, -0.25) is 0 Å². The van der Waals surface area contributed by atoms with Crippen LogP contribution in [0.4, 0.5) is 0 Å². The van der Waals surface area contributed by atoms with Crippen molar-refractivity contribution in [3.05, 3.63) is 48.6 Å². The minimum atomic E-state index is 0.223. The monoisotopic (exact) mass is 195 g/mol. The highest BCUT2D eigenvalue weighted by Crippen LogP contribution is 2.13. The van der Waals surface area contributed by atoms with Crippen molar-refractivity contribution in [1.82, 2.24) is 5.32 Å². The van der Waals surface area contributed by atoms with Gasteiger partial charge in [0.2, 0.25) is 0 Å². The maximum atomic E-state index is 5.84. The Morgan fingerprint density at radius 2 is 2.08 bits per heavy atom. The molecule has 1 N–H and O–H groups in total. The van der Waals surface area contributed by atoms with Crippen LogP contribution in [-0.2, 0) is 0 Å². The molecule has 1 nitrogen and oxygen atoms in total. The Morgan fingerprint density at radius 1 is 1.38 bits per heavy atom. The van der Waals surface area contributed by atoms with Crippen LogP contribution in [0, 0.1) is 0 Å². The van der Waals surface area contributed by atoms with Crippen LogP contribution in [-0.4, -0.2) is 12.4 Å². The van der Waals surface area contributed by atoms with Gasteiger partial charge >= 0.3 is 0 Å². The Balaban J connectivity index is 2.61. The third-order valence-corrected chi connectivity index (χ3v) is 2.17. The molecule has 2 heteroatoms. The maximum Gasteiger partial charge on any atom is 0.0459 e. The molecule has 0 saturated heterocycles. The predicted molar refractivity (Wildman–Crippen MR) is 58.1 cm³/mol. The molecule has 1 atom stereocenters. The van der Waals surface area contributed by atoms with Gasteiger partial charge in [0.1, 0.15) is 0 Å². The Hall–Kier alpha value is -0.790. The number of rotatable bonds is 5. The van der Waals surface area contributed by atoms with E-state index in [1.54, 1.807) is 0 Å². The molecule has 1 aromatic carbocycles. The van der Waals surface area contributed by atoms with E-state index in [9.17, 15) is 0 Å². The van der Waals surface area contributed by atoms with Crippen molar-refractivity contribution in [2.24, 2.45) is 0 Å². The topological polar surface area (TPSA) is 12.0 Å². The van der Waals surface area contributed by atoms with Crippen LogP contribution in [0.2, 0.25) is 0 Å². The summed E-state index contributed by atoms with van der Waals surface area (Å²) in [5.41, 5.74) is 1.22. The predicted octanol–water partition coefficient (Wildman–Crippen LogP) is 2.74. The van der Waals surface area contributed by atoms with Gasteiger partial charge in [0.25, 0.3) is 0 Å². The molecule has 0 saturated carbocycles. The number of nitrogens with one attached hydrogen (secondary N) is 1. The molecule has 0 aliphatic carbocycles. The van der Waals surface area contributed by atoms with E-state index >= 15 is 0 Å². The fourth-order valence-electron chi connectivity index (χ4n) is 1.17. The molecule has 0 heterocycles. The van der Waals surface area contributed by atoms with E-state index in [1.807, 2.05) is 24.3 Å². The van der Waals surface area contributed by atoms with Crippen molar-refractivity contribution in [1.29, 1.82) is 0 Å². The Morgan fingerprint density at radius 3 is 2.62 bits per heavy atom. The van der Waals surface area contributed by atoms with Crippen molar-refractivity contribution in [2.45, 2.75) is 6.04 Å². The number of benzene rings is 1. The van der Waals surface area contributed by atoms with Gasteiger partial charge in [-0.2, -0.15) is 0 Å². The fourth-order valence-corrected chi connectivity index (χ4v) is 1.46. The molecule has 0 radical (unpaired) electrons. The summed E-state index contributed by atoms with van der Waals surface area (Å²) in [5, 5.41) is 3.29. The number of halogens is 1. The van der Waals surface area contributed by atoms with Crippen LogP contribution in [0.3, 0.4) is 0 Å². The molecular formula is C11H14ClN. The van der Waals surface area contributed by atoms with E-state index in [1.165, 1.54) is 5.56 Å². The summed E-state index contributed by atoms with van der Waals surface area (Å²) >= 11 is 5.84. The smallest absolute Gasteiger partial charge is 0.0459 e. The summed E-state index contributed by atoms with van der Waals surface area (Å²) < 4.78 is 0. The minimum Gasteiger partial charge on any atom is -0.305 e. The van der Waals surface area contributed by atoms with Gasteiger partial charge < -0.3 is 5.32 Å². The zero-order chi connectivity index (χ0) is 9.52. The lowest BCUT2D eigenvalue weighted by Crippen LogP contribution is -2.22. The molecule has 0 spiro atoms. The highest BCUT2D eigenvalue weighted by atomic mass is 35.5. The molecular weight excluding hydrogens is 182 g/mol. The third kappa shape index (κ3) is 3.21. The van der Waals surface area contributed by atoms with E-state index in [2.05, 4.69) is 24.0 Å². The minimum absolute atomic E-state index is 0.223. The van der Waals surface area contributed by atoms with Crippen molar-refractivity contribution in [2.75, 3.05) is 12.4 Å². The number of hydrogen-bond acceptors (Lipinski definition) is 1. The van der Waals surface area contributed by atoms with Crippen LogP contribution in [0.1, 0.15) is 11.6 Å². The first-order chi connectivity index (χ1) is 6.38. The van der Waals surface area contributed by atoms with Crippen molar-refractivity contribution in [3.63, 3.8) is 0 Å². The van der Waals surface area contributed by atoms with E-state index < -0.39 is 0 Å². The second-order valence-electron chi connectivity index (χ2n) is 2.81. The van der Waals surface area contributed by atoms with Gasteiger partial charge in [-0.25, -0.2) is 0 Å². The molecule has 70 valence electrons. The molecule has 1 aromatic rings. The fraction of sp³-hybridized carbons (Fsp3) is 0.273. The molecule has 0 aliphatic rings. The van der Waals surface area contributed by atoms with E-state index in [0.29, 0.717) is 5.88 Å². The SMILES string of the molecule is C=CCNC(CCl)c1ccccc1. The largest absolute Gasteiger partial charge is 0.305 e. The van der Waals surface area contributed by atoms with Gasteiger partial charge in [0, 0.05) is 18.5 Å². The second-order valence-corrected chi connectivity index (χ2v) is 3.12. The van der Waals surface area contributed by atoms with Crippen LogP contribution < -0.4 is 5.32 Å². The lowest BCUT2D eigenvalue weighted by molar-refractivity contribution is 0.623. The zero-order valence-corrected chi connectivity index (χ0v) is 8.30. The molecule has 13 heavy (non-hydrogen) atoms. The van der Waals surface area contributed by atoms with Gasteiger partial charge in [-0.05, 0) is 5.56 Å². The molecule has 0 aromatic heterocycles. The van der Waals surface area contributed by atoms with E-state index in [-0.39, 0.29) is 6.04 Å². The van der Waals surface area contributed by atoms with Crippen molar-refractivity contribution >= 4 is 11.6 Å². The molecule has 0 bridgehead atoms. The average molecular weight is 196 g/mol. The molecule has 0 fully saturated rings. The second kappa shape index (κ2) is 5.79. The number of alkyl halides is 1. The number of hydrogen-bond donors (Lipinski definition) is 1. The Kier molecular flexibility index (Phi) is 4.58. The molecule has 1 rings (SSSR count). The lowest BCUT2D eigenvalue weighted by Gasteiger charge is -2.14. The summed E-state index contributed by atoms with van der Waals surface area (Å²) in [7, 11) is 0. The van der Waals surface area contributed by atoms with Gasteiger partial charge in [0.15, 0.2) is 0 Å². The standard InChI is InChI=1S/C11H14ClN/c1-2-8-13-11(9-12)10-6-4-3-5-7-10/h2-7,11,13H,1,8-9H2. The quantitative estimate of drug-likeness (QED) is 0.563. The summed E-state index contributed by atoms with van der Waals surface area (Å²) in [5.74, 6) is 0.581. The third-order valence-electron chi connectivity index (χ3n) is 1.86. The van der Waals surface area contributed by atoms with Crippen molar-refractivity contribution in [3.8, 4) is 0 Å². The first-order valence-electron chi connectivity index (χ1n) is 4.33. The van der Waals surface area contributed by atoms with E-state index in [4.69, 9.17) is 11.6 Å². The summed E-state index contributed by atoms with van der Waals surface area (Å²) in [6, 6.07) is 10.4. The van der Waals surface area contributed by atoms with Crippen LogP contribution >= 0.6 is 11.6 Å². The molecule has 0 aliphatic heterocycles. The average Bonchev–Trinajstić information content (AvgIpc) is 2.21.